The Morgan fingerprint density at radius 2 is 2.41 bits per heavy atom. The SMILES string of the molecule is COC(=O)NCC1(O)SCCSC2Cc3c(F)cccc3N21. The van der Waals surface area contributed by atoms with Crippen molar-refractivity contribution in [3.63, 3.8) is 0 Å². The molecule has 2 heterocycles. The van der Waals surface area contributed by atoms with Crippen molar-refractivity contribution >= 4 is 35.3 Å². The monoisotopic (exact) mass is 344 g/mol. The summed E-state index contributed by atoms with van der Waals surface area (Å²) in [7, 11) is 1.28. The molecule has 2 atom stereocenters. The zero-order chi connectivity index (χ0) is 15.7. The van der Waals surface area contributed by atoms with Crippen molar-refractivity contribution < 1.29 is 19.0 Å². The highest BCUT2D eigenvalue weighted by Gasteiger charge is 2.46. The molecule has 1 saturated heterocycles. The van der Waals surface area contributed by atoms with Gasteiger partial charge in [0.2, 0.25) is 5.06 Å². The summed E-state index contributed by atoms with van der Waals surface area (Å²) in [4.78, 5) is 13.2. The lowest BCUT2D eigenvalue weighted by Gasteiger charge is -2.39. The number of hydrogen-bond donors (Lipinski definition) is 2. The van der Waals surface area contributed by atoms with Gasteiger partial charge in [-0.05, 0) is 12.1 Å². The van der Waals surface area contributed by atoms with E-state index < -0.39 is 11.2 Å². The molecule has 1 aromatic carbocycles. The molecular formula is C14H17FN2O3S2. The molecule has 2 aliphatic rings. The van der Waals surface area contributed by atoms with Crippen molar-refractivity contribution in [1.82, 2.24) is 5.32 Å². The predicted octanol–water partition coefficient (Wildman–Crippen LogP) is 2.00. The highest BCUT2D eigenvalue weighted by Crippen LogP contribution is 2.47. The molecule has 120 valence electrons. The van der Waals surface area contributed by atoms with Crippen molar-refractivity contribution in [2.45, 2.75) is 16.9 Å². The number of halogens is 1. The molecule has 0 aromatic heterocycles. The number of benzene rings is 1. The van der Waals surface area contributed by atoms with Crippen LogP contribution < -0.4 is 10.2 Å². The van der Waals surface area contributed by atoms with E-state index in [0.29, 0.717) is 17.7 Å². The Morgan fingerprint density at radius 1 is 1.59 bits per heavy atom. The van der Waals surface area contributed by atoms with Crippen molar-refractivity contribution in [2.24, 2.45) is 0 Å². The number of methoxy groups -OCH3 is 1. The van der Waals surface area contributed by atoms with E-state index in [1.807, 2.05) is 11.0 Å². The Kier molecular flexibility index (Phi) is 4.42. The van der Waals surface area contributed by atoms with Gasteiger partial charge in [0, 0.05) is 29.2 Å². The second-order valence-corrected chi connectivity index (χ2v) is 7.71. The van der Waals surface area contributed by atoms with E-state index in [9.17, 15) is 14.3 Å². The molecule has 0 radical (unpaired) electrons. The molecule has 2 N–H and O–H groups in total. The van der Waals surface area contributed by atoms with Gasteiger partial charge >= 0.3 is 6.09 Å². The maximum atomic E-state index is 14.0. The number of rotatable bonds is 2. The third-order valence-electron chi connectivity index (χ3n) is 3.77. The van der Waals surface area contributed by atoms with Gasteiger partial charge in [-0.1, -0.05) is 6.07 Å². The molecule has 1 amide bonds. The van der Waals surface area contributed by atoms with E-state index in [0.717, 1.165) is 11.5 Å². The van der Waals surface area contributed by atoms with Gasteiger partial charge in [-0.3, -0.25) is 0 Å². The summed E-state index contributed by atoms with van der Waals surface area (Å²) < 4.78 is 18.6. The van der Waals surface area contributed by atoms with Crippen LogP contribution in [0.5, 0.6) is 0 Å². The Hall–Kier alpha value is -1.12. The fourth-order valence-electron chi connectivity index (χ4n) is 2.80. The zero-order valence-corrected chi connectivity index (χ0v) is 13.7. The smallest absolute Gasteiger partial charge is 0.407 e. The second kappa shape index (κ2) is 6.17. The highest BCUT2D eigenvalue weighted by molar-refractivity contribution is 8.04. The largest absolute Gasteiger partial charge is 0.453 e. The van der Waals surface area contributed by atoms with E-state index in [1.165, 1.54) is 24.9 Å². The van der Waals surface area contributed by atoms with Crippen LogP contribution in [0.2, 0.25) is 0 Å². The van der Waals surface area contributed by atoms with Crippen LogP contribution in [-0.4, -0.2) is 46.8 Å². The molecule has 0 saturated carbocycles. The summed E-state index contributed by atoms with van der Waals surface area (Å²) in [6, 6.07) is 4.90. The van der Waals surface area contributed by atoms with Crippen LogP contribution in [-0.2, 0) is 11.2 Å². The first-order valence-electron chi connectivity index (χ1n) is 6.91. The predicted molar refractivity (Wildman–Crippen MR) is 86.6 cm³/mol. The Balaban J connectivity index is 1.93. The lowest BCUT2D eigenvalue weighted by Crippen LogP contribution is -2.55. The Bertz CT molecular complexity index is 589. The van der Waals surface area contributed by atoms with Crippen LogP contribution in [0, 0.1) is 5.82 Å². The number of ether oxygens (including phenoxy) is 1. The minimum Gasteiger partial charge on any atom is -0.453 e. The average molecular weight is 344 g/mol. The lowest BCUT2D eigenvalue weighted by molar-refractivity contribution is 0.120. The van der Waals surface area contributed by atoms with Gasteiger partial charge in [0.1, 0.15) is 5.82 Å². The van der Waals surface area contributed by atoms with Gasteiger partial charge in [0.05, 0.1) is 19.0 Å². The van der Waals surface area contributed by atoms with Gasteiger partial charge in [-0.25, -0.2) is 9.18 Å². The van der Waals surface area contributed by atoms with Crippen LogP contribution in [0.4, 0.5) is 14.9 Å². The molecule has 0 aliphatic carbocycles. The quantitative estimate of drug-likeness (QED) is 0.856. The van der Waals surface area contributed by atoms with Crippen LogP contribution in [0.3, 0.4) is 0 Å². The number of carbonyl (C=O) groups is 1. The molecule has 8 heteroatoms. The molecule has 1 aromatic rings. The van der Waals surface area contributed by atoms with Crippen molar-refractivity contribution in [3.05, 3.63) is 29.6 Å². The van der Waals surface area contributed by atoms with Crippen LogP contribution in [0.15, 0.2) is 18.2 Å². The molecule has 2 aliphatic heterocycles. The van der Waals surface area contributed by atoms with Gasteiger partial charge in [-0.2, -0.15) is 0 Å². The number of aliphatic hydroxyl groups is 1. The van der Waals surface area contributed by atoms with Crippen LogP contribution >= 0.6 is 23.5 Å². The summed E-state index contributed by atoms with van der Waals surface area (Å²) in [6.45, 7) is 0.0113. The first kappa shape index (κ1) is 15.8. The zero-order valence-electron chi connectivity index (χ0n) is 12.0. The lowest BCUT2D eigenvalue weighted by atomic mass is 10.1. The summed E-state index contributed by atoms with van der Waals surface area (Å²) in [5, 5.41) is 12.3. The Labute approximate surface area is 136 Å². The molecule has 0 bridgehead atoms. The summed E-state index contributed by atoms with van der Waals surface area (Å²) >= 11 is 3.05. The van der Waals surface area contributed by atoms with E-state index in [4.69, 9.17) is 0 Å². The van der Waals surface area contributed by atoms with E-state index in [2.05, 4.69) is 10.1 Å². The summed E-state index contributed by atoms with van der Waals surface area (Å²) in [5.41, 5.74) is 1.32. The van der Waals surface area contributed by atoms with E-state index in [-0.39, 0.29) is 17.7 Å². The molecule has 1 fully saturated rings. The molecule has 5 nitrogen and oxygen atoms in total. The van der Waals surface area contributed by atoms with Crippen LogP contribution in [0.1, 0.15) is 5.56 Å². The number of amides is 1. The Morgan fingerprint density at radius 3 is 3.18 bits per heavy atom. The number of nitrogens with zero attached hydrogens (tertiary/aromatic N) is 1. The number of carbonyl (C=O) groups excluding carboxylic acids is 1. The fourth-order valence-corrected chi connectivity index (χ4v) is 5.44. The van der Waals surface area contributed by atoms with Crippen molar-refractivity contribution in [1.29, 1.82) is 0 Å². The molecule has 3 rings (SSSR count). The minimum atomic E-state index is -1.32. The maximum absolute atomic E-state index is 14.0. The summed E-state index contributed by atoms with van der Waals surface area (Å²) in [5.74, 6) is 1.36. The number of alkyl carbamates (subject to hydrolysis) is 1. The third-order valence-corrected chi connectivity index (χ3v) is 6.44. The first-order valence-corrected chi connectivity index (χ1v) is 8.95. The second-order valence-electron chi connectivity index (χ2n) is 5.07. The van der Waals surface area contributed by atoms with Gasteiger partial charge < -0.3 is 20.1 Å². The van der Waals surface area contributed by atoms with Gasteiger partial charge in [0.25, 0.3) is 0 Å². The maximum Gasteiger partial charge on any atom is 0.407 e. The topological polar surface area (TPSA) is 61.8 Å². The minimum absolute atomic E-state index is 0.0113. The van der Waals surface area contributed by atoms with Crippen molar-refractivity contribution in [3.8, 4) is 0 Å². The average Bonchev–Trinajstić information content (AvgIpc) is 2.82. The summed E-state index contributed by atoms with van der Waals surface area (Å²) in [6.07, 6.45) is -0.0468. The fraction of sp³-hybridized carbons (Fsp3) is 0.500. The molecule has 2 unspecified atom stereocenters. The van der Waals surface area contributed by atoms with E-state index >= 15 is 0 Å². The number of nitrogens with one attached hydrogen (secondary N) is 1. The van der Waals surface area contributed by atoms with Crippen LogP contribution in [0.25, 0.3) is 0 Å². The highest BCUT2D eigenvalue weighted by atomic mass is 32.2. The van der Waals surface area contributed by atoms with Crippen molar-refractivity contribution in [2.75, 3.05) is 30.1 Å². The standard InChI is InChI=1S/C14H17FN2O3S2/c1-20-13(18)16-8-14(19)17-11-4-2-3-10(15)9(11)7-12(17)21-5-6-22-14/h2-4,12,19H,5-8H2,1H3,(H,16,18). The van der Waals surface area contributed by atoms with Gasteiger partial charge in [0.15, 0.2) is 0 Å². The first-order chi connectivity index (χ1) is 10.5. The number of thioether (sulfide) groups is 2. The van der Waals surface area contributed by atoms with E-state index in [1.54, 1.807) is 17.8 Å². The number of anilines is 1. The molecule has 22 heavy (non-hydrogen) atoms. The number of hydrogen-bond acceptors (Lipinski definition) is 6. The normalized spacial score (nSPS) is 26.9. The number of fused-ring (bicyclic) bond motifs is 3. The van der Waals surface area contributed by atoms with Gasteiger partial charge in [-0.15, -0.1) is 23.5 Å². The third kappa shape index (κ3) is 2.75. The molecular weight excluding hydrogens is 327 g/mol. The molecule has 0 spiro atoms.